The van der Waals surface area contributed by atoms with Crippen molar-refractivity contribution in [3.63, 3.8) is 0 Å². The minimum absolute atomic E-state index is 0.00938. The number of rotatable bonds is 7. The van der Waals surface area contributed by atoms with Gasteiger partial charge >= 0.3 is 0 Å². The van der Waals surface area contributed by atoms with Crippen molar-refractivity contribution < 1.29 is 19.2 Å². The lowest BCUT2D eigenvalue weighted by atomic mass is 10.0. The summed E-state index contributed by atoms with van der Waals surface area (Å²) in [6.07, 6.45) is 6.11. The molecule has 2 saturated heterocycles. The summed E-state index contributed by atoms with van der Waals surface area (Å²) in [5.41, 5.74) is 2.00. The number of ketones is 1. The summed E-state index contributed by atoms with van der Waals surface area (Å²) in [6.45, 7) is 4.33. The number of amides is 3. The minimum Gasteiger partial charge on any atom is -0.340 e. The maximum Gasteiger partial charge on any atom is 0.251 e. The zero-order chi connectivity index (χ0) is 26.8. The Morgan fingerprint density at radius 2 is 1.89 bits per heavy atom. The molecule has 3 amide bonds. The van der Waals surface area contributed by atoms with Crippen molar-refractivity contribution in [1.29, 1.82) is 0 Å². The van der Waals surface area contributed by atoms with Crippen LogP contribution in [0.3, 0.4) is 0 Å². The molecule has 4 heterocycles. The van der Waals surface area contributed by atoms with Gasteiger partial charge in [0, 0.05) is 36.1 Å². The van der Waals surface area contributed by atoms with Crippen molar-refractivity contribution in [2.45, 2.75) is 51.2 Å². The minimum atomic E-state index is -0.779. The first-order valence-corrected chi connectivity index (χ1v) is 13.0. The zero-order valence-electron chi connectivity index (χ0n) is 21.5. The van der Waals surface area contributed by atoms with E-state index >= 15 is 0 Å². The highest BCUT2D eigenvalue weighted by Gasteiger charge is 2.52. The fourth-order valence-electron chi connectivity index (χ4n) is 5.52. The molecular weight excluding hydrogens is 482 g/mol. The van der Waals surface area contributed by atoms with Gasteiger partial charge in [-0.1, -0.05) is 26.0 Å². The summed E-state index contributed by atoms with van der Waals surface area (Å²) in [7, 11) is 0. The molecule has 3 aromatic rings. The number of fused-ring (bicyclic) bond motifs is 2. The lowest BCUT2D eigenvalue weighted by molar-refractivity contribution is -0.138. The fourth-order valence-corrected chi connectivity index (χ4v) is 5.52. The number of hydrogen-bond acceptors (Lipinski definition) is 6. The summed E-state index contributed by atoms with van der Waals surface area (Å²) in [6, 6.07) is 10.7. The van der Waals surface area contributed by atoms with E-state index in [2.05, 4.69) is 15.3 Å². The Kier molecular flexibility index (Phi) is 7.18. The van der Waals surface area contributed by atoms with Gasteiger partial charge in [0.15, 0.2) is 5.78 Å². The van der Waals surface area contributed by atoms with E-state index in [1.165, 1.54) is 0 Å². The molecule has 0 aliphatic carbocycles. The van der Waals surface area contributed by atoms with Crippen LogP contribution >= 0.6 is 0 Å². The van der Waals surface area contributed by atoms with E-state index in [0.29, 0.717) is 24.9 Å². The number of nitrogens with one attached hydrogen (secondary N) is 1. The van der Waals surface area contributed by atoms with E-state index < -0.39 is 12.1 Å². The summed E-state index contributed by atoms with van der Waals surface area (Å²) < 4.78 is 0. The van der Waals surface area contributed by atoms with Gasteiger partial charge in [-0.05, 0) is 54.7 Å². The van der Waals surface area contributed by atoms with Gasteiger partial charge in [0.1, 0.15) is 12.1 Å². The molecule has 5 rings (SSSR count). The van der Waals surface area contributed by atoms with Crippen LogP contribution in [0.25, 0.3) is 10.9 Å². The van der Waals surface area contributed by atoms with E-state index in [0.717, 1.165) is 16.5 Å². The Hall–Kier alpha value is -4.14. The molecule has 1 N–H and O–H groups in total. The van der Waals surface area contributed by atoms with Crippen LogP contribution in [0.2, 0.25) is 0 Å². The largest absolute Gasteiger partial charge is 0.340 e. The average Bonchev–Trinajstić information content (AvgIpc) is 3.49. The van der Waals surface area contributed by atoms with Gasteiger partial charge in [-0.3, -0.25) is 29.1 Å². The van der Waals surface area contributed by atoms with Crippen molar-refractivity contribution >= 4 is 34.4 Å². The second kappa shape index (κ2) is 10.7. The number of carbonyl (C=O) groups excluding carboxylic acids is 4. The van der Waals surface area contributed by atoms with Gasteiger partial charge in [0.05, 0.1) is 24.5 Å². The molecule has 9 heteroatoms. The third-order valence-electron chi connectivity index (χ3n) is 7.28. The number of benzene rings is 1. The molecule has 9 nitrogen and oxygen atoms in total. The first-order valence-electron chi connectivity index (χ1n) is 13.0. The van der Waals surface area contributed by atoms with Crippen molar-refractivity contribution in [2.24, 2.45) is 5.92 Å². The normalized spacial score (nSPS) is 19.6. The van der Waals surface area contributed by atoms with Crippen LogP contribution in [-0.4, -0.2) is 74.5 Å². The highest BCUT2D eigenvalue weighted by molar-refractivity contribution is 6.02. The Morgan fingerprint density at radius 3 is 2.66 bits per heavy atom. The van der Waals surface area contributed by atoms with Crippen LogP contribution in [0.5, 0.6) is 0 Å². The standard InChI is InChI=1S/C29H31N5O4/c1-18(2)13-23(32-28(37)21-7-8-22-20(15-21)6-4-11-31-22)29(38)33-12-9-24-27(33)25(35)17-34(24)26(36)14-19-5-3-10-30-16-19/h3-8,10-11,15-16,18,23-24,27H,9,12-14,17H2,1-2H3,(H,32,37). The first kappa shape index (κ1) is 25.5. The average molecular weight is 514 g/mol. The van der Waals surface area contributed by atoms with Crippen LogP contribution in [-0.2, 0) is 20.8 Å². The van der Waals surface area contributed by atoms with E-state index in [1.54, 1.807) is 52.7 Å². The number of pyridine rings is 2. The number of carbonyl (C=O) groups is 4. The molecule has 3 unspecified atom stereocenters. The molecule has 2 aliphatic rings. The van der Waals surface area contributed by atoms with Gasteiger partial charge in [-0.2, -0.15) is 0 Å². The molecule has 1 aromatic carbocycles. The second-order valence-corrected chi connectivity index (χ2v) is 10.4. The maximum atomic E-state index is 13.8. The molecule has 0 saturated carbocycles. The smallest absolute Gasteiger partial charge is 0.251 e. The molecular formula is C29H31N5O4. The Morgan fingerprint density at radius 1 is 1.08 bits per heavy atom. The van der Waals surface area contributed by atoms with Gasteiger partial charge in [0.25, 0.3) is 5.91 Å². The fraction of sp³-hybridized carbons (Fsp3) is 0.379. The monoisotopic (exact) mass is 513 g/mol. The van der Waals surface area contributed by atoms with Crippen LogP contribution in [0, 0.1) is 5.92 Å². The van der Waals surface area contributed by atoms with Crippen molar-refractivity contribution in [2.75, 3.05) is 13.1 Å². The van der Waals surface area contributed by atoms with Gasteiger partial charge in [-0.25, -0.2) is 0 Å². The summed E-state index contributed by atoms with van der Waals surface area (Å²) in [5.74, 6) is -0.781. The zero-order valence-corrected chi connectivity index (χ0v) is 21.5. The third kappa shape index (κ3) is 5.14. The molecule has 3 atom stereocenters. The Balaban J connectivity index is 1.31. The number of Topliss-reactive ketones (excluding diaryl/α,β-unsaturated/α-hetero) is 1. The van der Waals surface area contributed by atoms with Crippen molar-refractivity contribution in [3.05, 3.63) is 72.2 Å². The summed E-state index contributed by atoms with van der Waals surface area (Å²) in [4.78, 5) is 64.5. The predicted octanol–water partition coefficient (Wildman–Crippen LogP) is 2.40. The lowest BCUT2D eigenvalue weighted by Gasteiger charge is -2.29. The van der Waals surface area contributed by atoms with Crippen LogP contribution < -0.4 is 5.32 Å². The predicted molar refractivity (Wildman–Crippen MR) is 141 cm³/mol. The van der Waals surface area contributed by atoms with E-state index in [9.17, 15) is 19.2 Å². The topological polar surface area (TPSA) is 113 Å². The molecule has 0 bridgehead atoms. The summed E-state index contributed by atoms with van der Waals surface area (Å²) >= 11 is 0. The number of nitrogens with zero attached hydrogens (tertiary/aromatic N) is 4. The maximum absolute atomic E-state index is 13.8. The molecule has 2 aliphatic heterocycles. The molecule has 196 valence electrons. The number of hydrogen-bond donors (Lipinski definition) is 1. The van der Waals surface area contributed by atoms with Crippen LogP contribution in [0.4, 0.5) is 0 Å². The van der Waals surface area contributed by atoms with Crippen molar-refractivity contribution in [1.82, 2.24) is 25.1 Å². The van der Waals surface area contributed by atoms with Gasteiger partial charge in [0.2, 0.25) is 11.8 Å². The van der Waals surface area contributed by atoms with Crippen LogP contribution in [0.15, 0.2) is 61.1 Å². The summed E-state index contributed by atoms with van der Waals surface area (Å²) in [5, 5.41) is 3.75. The highest BCUT2D eigenvalue weighted by atomic mass is 16.2. The SMILES string of the molecule is CC(C)CC(NC(=O)c1ccc2ncccc2c1)C(=O)N1CCC2C1C(=O)CN2C(=O)Cc1cccnc1. The van der Waals surface area contributed by atoms with E-state index in [4.69, 9.17) is 0 Å². The molecule has 0 spiro atoms. The molecule has 2 aromatic heterocycles. The second-order valence-electron chi connectivity index (χ2n) is 10.4. The molecule has 2 fully saturated rings. The lowest BCUT2D eigenvalue weighted by Crippen LogP contribution is -2.53. The quantitative estimate of drug-likeness (QED) is 0.519. The van der Waals surface area contributed by atoms with Gasteiger partial charge in [-0.15, -0.1) is 0 Å². The van der Waals surface area contributed by atoms with Gasteiger partial charge < -0.3 is 15.1 Å². The number of aromatic nitrogens is 2. The Bertz CT molecular complexity index is 1380. The van der Waals surface area contributed by atoms with Crippen molar-refractivity contribution in [3.8, 4) is 0 Å². The van der Waals surface area contributed by atoms with E-state index in [-0.39, 0.29) is 48.4 Å². The Labute approximate surface area is 221 Å². The number of likely N-dealkylation sites (tertiary alicyclic amines) is 2. The molecule has 0 radical (unpaired) electrons. The van der Waals surface area contributed by atoms with E-state index in [1.807, 2.05) is 32.0 Å². The van der Waals surface area contributed by atoms with Crippen LogP contribution in [0.1, 0.15) is 42.6 Å². The first-order chi connectivity index (χ1) is 18.3. The third-order valence-corrected chi connectivity index (χ3v) is 7.28. The molecule has 38 heavy (non-hydrogen) atoms. The highest BCUT2D eigenvalue weighted by Crippen LogP contribution is 2.31.